The zero-order chi connectivity index (χ0) is 22.0. The van der Waals surface area contributed by atoms with Gasteiger partial charge >= 0.3 is 0 Å². The minimum absolute atomic E-state index is 0.0212. The van der Waals surface area contributed by atoms with E-state index in [0.717, 1.165) is 37.3 Å². The Hall–Kier alpha value is -2.31. The first-order chi connectivity index (χ1) is 14.7. The van der Waals surface area contributed by atoms with Crippen LogP contribution in [0.3, 0.4) is 0 Å². The summed E-state index contributed by atoms with van der Waals surface area (Å²) in [5, 5.41) is 10.1. The van der Waals surface area contributed by atoms with Gasteiger partial charge < -0.3 is 5.11 Å². The van der Waals surface area contributed by atoms with E-state index in [1.54, 1.807) is 4.68 Å². The summed E-state index contributed by atoms with van der Waals surface area (Å²) in [6, 6.07) is 15.6. The van der Waals surface area contributed by atoms with Crippen LogP contribution in [0.4, 0.5) is 0 Å². The first-order valence-electron chi connectivity index (χ1n) is 10.8. The van der Waals surface area contributed by atoms with Crippen LogP contribution in [0.25, 0.3) is 5.69 Å². The Morgan fingerprint density at radius 2 is 1.84 bits per heavy atom. The molecule has 0 unspecified atom stereocenters. The molecule has 5 nitrogen and oxygen atoms in total. The molecular weight excluding hydrogens is 454 g/mol. The molecule has 6 heteroatoms. The number of halogens is 1. The van der Waals surface area contributed by atoms with Gasteiger partial charge in [0.25, 0.3) is 5.56 Å². The summed E-state index contributed by atoms with van der Waals surface area (Å²) in [5.41, 5.74) is 4.59. The van der Waals surface area contributed by atoms with Crippen molar-refractivity contribution in [1.29, 1.82) is 0 Å². The fraction of sp³-hybridized carbons (Fsp3) is 0.400. The van der Waals surface area contributed by atoms with Crippen LogP contribution in [0, 0.1) is 5.41 Å². The van der Waals surface area contributed by atoms with Crippen LogP contribution >= 0.6 is 15.9 Å². The zero-order valence-corrected chi connectivity index (χ0v) is 19.8. The van der Waals surface area contributed by atoms with Crippen molar-refractivity contribution in [3.8, 4) is 11.4 Å². The van der Waals surface area contributed by atoms with E-state index in [-0.39, 0.29) is 16.4 Å². The van der Waals surface area contributed by atoms with Gasteiger partial charge in [-0.1, -0.05) is 38.1 Å². The second kappa shape index (κ2) is 7.10. The average molecular weight is 482 g/mol. The number of hydrogen-bond acceptors (Lipinski definition) is 3. The second-order valence-electron chi connectivity index (χ2n) is 9.95. The molecule has 2 aliphatic rings. The van der Waals surface area contributed by atoms with Gasteiger partial charge in [0.2, 0.25) is 0 Å². The second-order valence-corrected chi connectivity index (χ2v) is 10.7. The molecule has 162 valence electrons. The van der Waals surface area contributed by atoms with Gasteiger partial charge in [-0.2, -0.15) is 0 Å². The van der Waals surface area contributed by atoms with Crippen molar-refractivity contribution in [3.63, 3.8) is 0 Å². The highest BCUT2D eigenvalue weighted by atomic mass is 79.9. The molecule has 0 spiro atoms. The molecule has 1 saturated heterocycles. The van der Waals surface area contributed by atoms with Gasteiger partial charge in [0.15, 0.2) is 0 Å². The lowest BCUT2D eigenvalue weighted by Crippen LogP contribution is -2.56. The maximum atomic E-state index is 13.0. The summed E-state index contributed by atoms with van der Waals surface area (Å²) < 4.78 is 4.32. The Labute approximate surface area is 191 Å². The van der Waals surface area contributed by atoms with Crippen LogP contribution in [0.1, 0.15) is 37.1 Å². The van der Waals surface area contributed by atoms with Crippen molar-refractivity contribution in [2.75, 3.05) is 13.1 Å². The van der Waals surface area contributed by atoms with Gasteiger partial charge in [-0.05, 0) is 69.6 Å². The number of phenols is 1. The Morgan fingerprint density at radius 1 is 1.10 bits per heavy atom. The monoisotopic (exact) mass is 481 g/mol. The zero-order valence-electron chi connectivity index (χ0n) is 18.2. The number of nitrogens with zero attached hydrogens (tertiary/aromatic N) is 3. The third kappa shape index (κ3) is 3.37. The molecule has 2 bridgehead atoms. The summed E-state index contributed by atoms with van der Waals surface area (Å²) >= 11 is 3.59. The van der Waals surface area contributed by atoms with Crippen molar-refractivity contribution >= 4 is 15.9 Å². The van der Waals surface area contributed by atoms with E-state index in [1.165, 1.54) is 11.1 Å². The number of phenolic OH excluding ortho intramolecular Hbond substituents is 1. The molecule has 5 rings (SSSR count). The quantitative estimate of drug-likeness (QED) is 0.604. The molecule has 1 aliphatic heterocycles. The number of benzene rings is 2. The lowest BCUT2D eigenvalue weighted by molar-refractivity contribution is 0.0285. The summed E-state index contributed by atoms with van der Waals surface area (Å²) in [4.78, 5) is 15.5. The standard InChI is InChI=1S/C25H28BrN3O2/c1-24-12-17-9-10-19(30)11-20(17)25(2,14-24)16-28(15-24)13-21-22(26)23(31)29(27(21)3)18-7-5-4-6-8-18/h4-11,30H,12-16H2,1-3H3/t24-,25+/m1/s1. The Kier molecular flexibility index (Phi) is 4.72. The molecule has 1 fully saturated rings. The molecule has 31 heavy (non-hydrogen) atoms. The lowest BCUT2D eigenvalue weighted by Gasteiger charge is -2.54. The van der Waals surface area contributed by atoms with E-state index in [2.05, 4.69) is 40.7 Å². The number of piperidine rings is 1. The van der Waals surface area contributed by atoms with Gasteiger partial charge in [0.05, 0.1) is 11.4 Å². The number of rotatable bonds is 3. The number of hydrogen-bond donors (Lipinski definition) is 1. The van der Waals surface area contributed by atoms with Crippen LogP contribution in [-0.2, 0) is 25.4 Å². The van der Waals surface area contributed by atoms with Crippen molar-refractivity contribution in [3.05, 3.63) is 80.2 Å². The van der Waals surface area contributed by atoms with E-state index >= 15 is 0 Å². The van der Waals surface area contributed by atoms with Crippen molar-refractivity contribution < 1.29 is 5.11 Å². The maximum absolute atomic E-state index is 13.0. The molecule has 0 radical (unpaired) electrons. The highest BCUT2D eigenvalue weighted by Gasteiger charge is 2.48. The van der Waals surface area contributed by atoms with E-state index < -0.39 is 0 Å². The molecule has 1 aliphatic carbocycles. The third-order valence-electron chi connectivity index (χ3n) is 7.05. The number of para-hydroxylation sites is 1. The summed E-state index contributed by atoms with van der Waals surface area (Å²) in [7, 11) is 1.95. The molecule has 1 aromatic heterocycles. The lowest BCUT2D eigenvalue weighted by atomic mass is 9.58. The van der Waals surface area contributed by atoms with Crippen molar-refractivity contribution in [1.82, 2.24) is 14.3 Å². The van der Waals surface area contributed by atoms with Crippen LogP contribution in [0.15, 0.2) is 57.8 Å². The van der Waals surface area contributed by atoms with Gasteiger partial charge in [-0.15, -0.1) is 0 Å². The molecule has 0 amide bonds. The van der Waals surface area contributed by atoms with Gasteiger partial charge in [0, 0.05) is 32.1 Å². The molecule has 1 N–H and O–H groups in total. The first-order valence-corrected chi connectivity index (χ1v) is 11.6. The fourth-order valence-corrected chi connectivity index (χ4v) is 6.70. The van der Waals surface area contributed by atoms with Crippen LogP contribution in [0.2, 0.25) is 0 Å². The predicted octanol–water partition coefficient (Wildman–Crippen LogP) is 4.37. The van der Waals surface area contributed by atoms with Gasteiger partial charge in [-0.3, -0.25) is 14.4 Å². The van der Waals surface area contributed by atoms with Crippen LogP contribution in [-0.4, -0.2) is 32.5 Å². The van der Waals surface area contributed by atoms with E-state index in [0.29, 0.717) is 16.8 Å². The largest absolute Gasteiger partial charge is 0.508 e. The Bertz CT molecular complexity index is 1220. The van der Waals surface area contributed by atoms with Crippen LogP contribution in [0.5, 0.6) is 5.75 Å². The normalized spacial score (nSPS) is 25.4. The summed E-state index contributed by atoms with van der Waals surface area (Å²) in [6.45, 7) is 7.27. The van der Waals surface area contributed by atoms with Crippen molar-refractivity contribution in [2.24, 2.45) is 12.5 Å². The predicted molar refractivity (Wildman–Crippen MR) is 126 cm³/mol. The van der Waals surface area contributed by atoms with E-state index in [1.807, 2.05) is 54.2 Å². The van der Waals surface area contributed by atoms with E-state index in [4.69, 9.17) is 0 Å². The highest BCUT2D eigenvalue weighted by molar-refractivity contribution is 9.10. The molecular formula is C25H28BrN3O2. The average Bonchev–Trinajstić information content (AvgIpc) is 2.92. The van der Waals surface area contributed by atoms with E-state index in [9.17, 15) is 9.90 Å². The maximum Gasteiger partial charge on any atom is 0.286 e. The van der Waals surface area contributed by atoms with Gasteiger partial charge in [0.1, 0.15) is 10.2 Å². The number of fused-ring (bicyclic) bond motifs is 4. The molecule has 0 saturated carbocycles. The minimum Gasteiger partial charge on any atom is -0.508 e. The topological polar surface area (TPSA) is 50.4 Å². The minimum atomic E-state index is -0.0337. The number of aromatic nitrogens is 2. The Balaban J connectivity index is 1.51. The molecule has 2 heterocycles. The van der Waals surface area contributed by atoms with Gasteiger partial charge in [-0.25, -0.2) is 4.68 Å². The SMILES string of the molecule is Cn1c(CN2C[C@]3(C)Cc4ccc(O)cc4[C@](C)(C2)C3)c(Br)c(=O)n1-c1ccccc1. The highest BCUT2D eigenvalue weighted by Crippen LogP contribution is 2.51. The fourth-order valence-electron chi connectivity index (χ4n) is 6.15. The summed E-state index contributed by atoms with van der Waals surface area (Å²) in [5.74, 6) is 0.339. The molecule has 2 atom stereocenters. The number of aromatic hydroxyl groups is 1. The Morgan fingerprint density at radius 3 is 2.58 bits per heavy atom. The molecule has 3 aromatic rings. The van der Waals surface area contributed by atoms with Crippen LogP contribution < -0.4 is 5.56 Å². The molecule has 2 aromatic carbocycles. The first kappa shape index (κ1) is 20.6. The van der Waals surface area contributed by atoms with Crippen molar-refractivity contribution in [2.45, 2.75) is 38.6 Å². The number of likely N-dealkylation sites (tertiary alicyclic amines) is 1. The smallest absolute Gasteiger partial charge is 0.286 e. The third-order valence-corrected chi connectivity index (χ3v) is 7.85. The summed E-state index contributed by atoms with van der Waals surface area (Å²) in [6.07, 6.45) is 2.12.